The highest BCUT2D eigenvalue weighted by Crippen LogP contribution is 2.32. The van der Waals surface area contributed by atoms with Crippen LogP contribution in [0.25, 0.3) is 28.3 Å². The Kier molecular flexibility index (Phi) is 7.91. The van der Waals surface area contributed by atoms with Crippen LogP contribution in [0.4, 0.5) is 9.59 Å². The Bertz CT molecular complexity index is 1600. The summed E-state index contributed by atoms with van der Waals surface area (Å²) in [6, 6.07) is 7.53. The number of nitrogens with zero attached hydrogens (tertiary/aromatic N) is 3. The summed E-state index contributed by atoms with van der Waals surface area (Å²) >= 11 is 0. The summed E-state index contributed by atoms with van der Waals surface area (Å²) in [7, 11) is -1.90. The molecule has 3 amide bonds. The first-order valence-electron chi connectivity index (χ1n) is 11.8. The number of hydrogen-bond acceptors (Lipinski definition) is 9. The molecule has 1 aliphatic rings. The first kappa shape index (κ1) is 27.3. The van der Waals surface area contributed by atoms with Gasteiger partial charge in [-0.05, 0) is 38.0 Å². The van der Waals surface area contributed by atoms with E-state index < -0.39 is 21.2 Å². The fourth-order valence-electron chi connectivity index (χ4n) is 3.55. The molecule has 3 aromatic rings. The molecular weight excluding hydrogens is 524 g/mol. The lowest BCUT2D eigenvalue weighted by Crippen LogP contribution is -2.28. The standard InChI is InChI=1S/C26H26N6O6S/c1-15(2)39(35,36)19-10-8-18(9-11-19)21-14-29-24(37-25(27)33)23(31-21)22-12-20(32-38-22)17-6-4-16(5-7-17)13-30-26(34)28-3/h4,6-15H,5H2,1-3H3,(H2,27,33)(H2,28,30,34). The Hall–Kier alpha value is -4.78. The summed E-state index contributed by atoms with van der Waals surface area (Å²) in [6.45, 7) is 3.23. The molecule has 202 valence electrons. The van der Waals surface area contributed by atoms with Crippen molar-refractivity contribution in [2.45, 2.75) is 30.4 Å². The van der Waals surface area contributed by atoms with Crippen molar-refractivity contribution in [1.82, 2.24) is 25.8 Å². The average molecular weight is 551 g/mol. The lowest BCUT2D eigenvalue weighted by Gasteiger charge is -2.10. The molecule has 4 rings (SSSR count). The minimum atomic E-state index is -3.43. The molecule has 0 atom stereocenters. The number of ether oxygens (including phenoxy) is 1. The number of rotatable bonds is 7. The summed E-state index contributed by atoms with van der Waals surface area (Å²) < 4.78 is 35.4. The van der Waals surface area contributed by atoms with E-state index in [1.54, 1.807) is 38.2 Å². The molecule has 13 heteroatoms. The minimum Gasteiger partial charge on any atom is -0.389 e. The van der Waals surface area contributed by atoms with E-state index in [9.17, 15) is 18.0 Å². The Morgan fingerprint density at radius 3 is 2.51 bits per heavy atom. The Balaban J connectivity index is 1.63. The third kappa shape index (κ3) is 6.21. The number of sulfone groups is 1. The average Bonchev–Trinajstić information content (AvgIpc) is 3.42. The summed E-state index contributed by atoms with van der Waals surface area (Å²) in [5, 5.41) is 8.63. The van der Waals surface area contributed by atoms with Crippen molar-refractivity contribution in [2.75, 3.05) is 7.05 Å². The Morgan fingerprint density at radius 2 is 1.90 bits per heavy atom. The SMILES string of the molecule is CNC(=O)NC=C1C=CC(c2cc(-c3nc(-c4ccc(S(=O)(=O)C(C)C)cc4)cnc3OC(N)=O)on2)=CC1. The zero-order valence-electron chi connectivity index (χ0n) is 21.3. The summed E-state index contributed by atoms with van der Waals surface area (Å²) in [4.78, 5) is 31.7. The van der Waals surface area contributed by atoms with Crippen LogP contribution >= 0.6 is 0 Å². The van der Waals surface area contributed by atoms with Gasteiger partial charge < -0.3 is 25.6 Å². The normalized spacial score (nSPS) is 14.3. The van der Waals surface area contributed by atoms with E-state index in [0.29, 0.717) is 23.4 Å². The molecule has 0 aliphatic heterocycles. The van der Waals surface area contributed by atoms with Gasteiger partial charge in [0.2, 0.25) is 0 Å². The van der Waals surface area contributed by atoms with Gasteiger partial charge in [0, 0.05) is 30.5 Å². The van der Waals surface area contributed by atoms with Crippen LogP contribution in [0, 0.1) is 0 Å². The molecular formula is C26H26N6O6S. The number of allylic oxidation sites excluding steroid dienone is 5. The highest BCUT2D eigenvalue weighted by atomic mass is 32.2. The second-order valence-corrected chi connectivity index (χ2v) is 11.2. The molecule has 1 aromatic carbocycles. The number of benzene rings is 1. The largest absolute Gasteiger partial charge is 0.411 e. The summed E-state index contributed by atoms with van der Waals surface area (Å²) in [5.41, 5.74) is 8.40. The predicted octanol–water partition coefficient (Wildman–Crippen LogP) is 3.59. The van der Waals surface area contributed by atoms with Crippen molar-refractivity contribution in [2.24, 2.45) is 5.73 Å². The van der Waals surface area contributed by atoms with Crippen LogP contribution in [0.15, 0.2) is 75.9 Å². The second kappa shape index (κ2) is 11.3. The smallest absolute Gasteiger partial charge is 0.389 e. The van der Waals surface area contributed by atoms with Crippen molar-refractivity contribution >= 4 is 27.5 Å². The van der Waals surface area contributed by atoms with E-state index in [-0.39, 0.29) is 28.3 Å². The topological polar surface area (TPSA) is 179 Å². The molecule has 2 heterocycles. The van der Waals surface area contributed by atoms with Crippen LogP contribution in [-0.4, -0.2) is 48.0 Å². The highest BCUT2D eigenvalue weighted by Gasteiger charge is 2.22. The molecule has 0 bridgehead atoms. The Morgan fingerprint density at radius 1 is 1.15 bits per heavy atom. The molecule has 0 saturated heterocycles. The van der Waals surface area contributed by atoms with Gasteiger partial charge in [-0.3, -0.25) is 0 Å². The van der Waals surface area contributed by atoms with E-state index in [1.807, 2.05) is 18.2 Å². The van der Waals surface area contributed by atoms with Gasteiger partial charge in [0.25, 0.3) is 5.88 Å². The van der Waals surface area contributed by atoms with Crippen LogP contribution in [0.1, 0.15) is 26.0 Å². The van der Waals surface area contributed by atoms with E-state index in [1.165, 1.54) is 25.4 Å². The Labute approximate surface area is 224 Å². The van der Waals surface area contributed by atoms with E-state index in [2.05, 4.69) is 25.8 Å². The van der Waals surface area contributed by atoms with Crippen molar-refractivity contribution in [3.63, 3.8) is 0 Å². The number of carbonyl (C=O) groups excluding carboxylic acids is 2. The molecule has 0 saturated carbocycles. The van der Waals surface area contributed by atoms with Crippen molar-refractivity contribution in [3.8, 4) is 28.6 Å². The lowest BCUT2D eigenvalue weighted by atomic mass is 10.0. The molecule has 12 nitrogen and oxygen atoms in total. The van der Waals surface area contributed by atoms with Crippen LogP contribution in [0.3, 0.4) is 0 Å². The molecule has 0 radical (unpaired) electrons. The van der Waals surface area contributed by atoms with Crippen molar-refractivity contribution in [3.05, 3.63) is 72.2 Å². The number of amides is 3. The molecule has 39 heavy (non-hydrogen) atoms. The quantitative estimate of drug-likeness (QED) is 0.396. The monoisotopic (exact) mass is 550 g/mol. The minimum absolute atomic E-state index is 0.0830. The van der Waals surface area contributed by atoms with Crippen molar-refractivity contribution in [1.29, 1.82) is 0 Å². The lowest BCUT2D eigenvalue weighted by molar-refractivity contribution is 0.209. The molecule has 4 N–H and O–H groups in total. The number of carbonyl (C=O) groups is 2. The number of nitrogens with one attached hydrogen (secondary N) is 2. The van der Waals surface area contributed by atoms with E-state index in [4.69, 9.17) is 15.0 Å². The van der Waals surface area contributed by atoms with Crippen molar-refractivity contribution < 1.29 is 27.3 Å². The predicted molar refractivity (Wildman–Crippen MR) is 143 cm³/mol. The maximum Gasteiger partial charge on any atom is 0.411 e. The first-order valence-corrected chi connectivity index (χ1v) is 13.3. The number of aromatic nitrogens is 3. The van der Waals surface area contributed by atoms with Crippen LogP contribution in [-0.2, 0) is 9.84 Å². The van der Waals surface area contributed by atoms with Gasteiger partial charge in [0.1, 0.15) is 5.69 Å². The summed E-state index contributed by atoms with van der Waals surface area (Å²) in [5.74, 6) is -0.00172. The zero-order chi connectivity index (χ0) is 28.2. The van der Waals surface area contributed by atoms with Crippen LogP contribution < -0.4 is 21.1 Å². The summed E-state index contributed by atoms with van der Waals surface area (Å²) in [6.07, 6.45) is 8.02. The fraction of sp³-hybridized carbons (Fsp3) is 0.192. The molecule has 1 aliphatic carbocycles. The van der Waals surface area contributed by atoms with Gasteiger partial charge in [-0.15, -0.1) is 0 Å². The third-order valence-electron chi connectivity index (χ3n) is 5.73. The van der Waals surface area contributed by atoms with Gasteiger partial charge in [0.05, 0.1) is 22.0 Å². The molecule has 0 fully saturated rings. The van der Waals surface area contributed by atoms with Gasteiger partial charge in [0.15, 0.2) is 21.3 Å². The first-order chi connectivity index (χ1) is 18.6. The van der Waals surface area contributed by atoms with E-state index in [0.717, 1.165) is 11.1 Å². The maximum absolute atomic E-state index is 12.4. The molecule has 0 unspecified atom stereocenters. The highest BCUT2D eigenvalue weighted by molar-refractivity contribution is 7.92. The third-order valence-corrected chi connectivity index (χ3v) is 7.90. The molecule has 0 spiro atoms. The van der Waals surface area contributed by atoms with Gasteiger partial charge >= 0.3 is 12.1 Å². The van der Waals surface area contributed by atoms with Crippen LogP contribution in [0.5, 0.6) is 5.88 Å². The molecule has 2 aromatic heterocycles. The van der Waals surface area contributed by atoms with Gasteiger partial charge in [-0.2, -0.15) is 0 Å². The van der Waals surface area contributed by atoms with Gasteiger partial charge in [-0.25, -0.2) is 28.0 Å². The number of primary amides is 1. The van der Waals surface area contributed by atoms with Crippen LogP contribution in [0.2, 0.25) is 0 Å². The second-order valence-electron chi connectivity index (χ2n) is 8.66. The maximum atomic E-state index is 12.4. The number of hydrogen-bond donors (Lipinski definition) is 3. The zero-order valence-corrected chi connectivity index (χ0v) is 22.2. The number of urea groups is 1. The van der Waals surface area contributed by atoms with Gasteiger partial charge in [-0.1, -0.05) is 35.5 Å². The fourth-order valence-corrected chi connectivity index (χ4v) is 4.61. The number of nitrogens with two attached hydrogens (primary N) is 1. The van der Waals surface area contributed by atoms with E-state index >= 15 is 0 Å².